The molecule has 0 saturated heterocycles. The summed E-state index contributed by atoms with van der Waals surface area (Å²) >= 11 is 9.08. The van der Waals surface area contributed by atoms with E-state index in [0.717, 1.165) is 0 Å². The molecule has 1 aromatic rings. The summed E-state index contributed by atoms with van der Waals surface area (Å²) in [4.78, 5) is 11.3. The van der Waals surface area contributed by atoms with Gasteiger partial charge in [-0.05, 0) is 24.6 Å². The summed E-state index contributed by atoms with van der Waals surface area (Å²) in [5.41, 5.74) is 0.984. The SMILES string of the molecule is CCOC(=O)Cc1c(Br)cc(Cl)cc1C#N. The van der Waals surface area contributed by atoms with Gasteiger partial charge in [0.15, 0.2) is 0 Å². The van der Waals surface area contributed by atoms with Crippen molar-refractivity contribution in [3.63, 3.8) is 0 Å². The maximum Gasteiger partial charge on any atom is 0.310 e. The van der Waals surface area contributed by atoms with Gasteiger partial charge in [0.25, 0.3) is 0 Å². The second-order valence-electron chi connectivity index (χ2n) is 3.01. The van der Waals surface area contributed by atoms with Crippen molar-refractivity contribution in [3.05, 3.63) is 32.8 Å². The van der Waals surface area contributed by atoms with Crippen molar-refractivity contribution in [1.82, 2.24) is 0 Å². The normalized spacial score (nSPS) is 9.62. The van der Waals surface area contributed by atoms with E-state index in [0.29, 0.717) is 27.2 Å². The second kappa shape index (κ2) is 5.88. The first-order chi connectivity index (χ1) is 7.58. The molecule has 5 heteroatoms. The van der Waals surface area contributed by atoms with Gasteiger partial charge in [0, 0.05) is 9.50 Å². The van der Waals surface area contributed by atoms with Crippen molar-refractivity contribution < 1.29 is 9.53 Å². The third kappa shape index (κ3) is 3.22. The molecule has 0 amide bonds. The van der Waals surface area contributed by atoms with Gasteiger partial charge in [0.1, 0.15) is 0 Å². The molecule has 84 valence electrons. The molecule has 0 unspecified atom stereocenters. The molecule has 0 aliphatic carbocycles. The Bertz CT molecular complexity index is 454. The van der Waals surface area contributed by atoms with Gasteiger partial charge < -0.3 is 4.74 Å². The lowest BCUT2D eigenvalue weighted by molar-refractivity contribution is -0.142. The predicted molar refractivity (Wildman–Crippen MR) is 64.2 cm³/mol. The molecule has 0 spiro atoms. The fraction of sp³-hybridized carbons (Fsp3) is 0.273. The number of halogens is 2. The lowest BCUT2D eigenvalue weighted by Crippen LogP contribution is -2.09. The van der Waals surface area contributed by atoms with Crippen LogP contribution >= 0.6 is 27.5 Å². The largest absolute Gasteiger partial charge is 0.466 e. The molecule has 0 atom stereocenters. The van der Waals surface area contributed by atoms with Gasteiger partial charge in [0.2, 0.25) is 0 Å². The zero-order valence-corrected chi connectivity index (χ0v) is 10.9. The van der Waals surface area contributed by atoms with Gasteiger partial charge in [-0.25, -0.2) is 0 Å². The van der Waals surface area contributed by atoms with Crippen molar-refractivity contribution in [1.29, 1.82) is 5.26 Å². The first-order valence-electron chi connectivity index (χ1n) is 4.62. The highest BCUT2D eigenvalue weighted by Gasteiger charge is 2.13. The third-order valence-corrected chi connectivity index (χ3v) is 2.83. The van der Waals surface area contributed by atoms with Crippen LogP contribution < -0.4 is 0 Å². The topological polar surface area (TPSA) is 50.1 Å². The number of hydrogen-bond donors (Lipinski definition) is 0. The summed E-state index contributed by atoms with van der Waals surface area (Å²) in [7, 11) is 0. The summed E-state index contributed by atoms with van der Waals surface area (Å²) < 4.78 is 5.47. The van der Waals surface area contributed by atoms with E-state index in [2.05, 4.69) is 15.9 Å². The Morgan fingerprint density at radius 1 is 1.62 bits per heavy atom. The first kappa shape index (κ1) is 13.0. The minimum atomic E-state index is -0.359. The number of rotatable bonds is 3. The van der Waals surface area contributed by atoms with Crippen LogP contribution in [0.25, 0.3) is 0 Å². The first-order valence-corrected chi connectivity index (χ1v) is 5.79. The van der Waals surface area contributed by atoms with Crippen LogP contribution in [-0.4, -0.2) is 12.6 Å². The standard InChI is InChI=1S/C11H9BrClNO2/c1-2-16-11(15)5-9-7(6-14)3-8(13)4-10(9)12/h3-4H,2,5H2,1H3. The average molecular weight is 303 g/mol. The van der Waals surface area contributed by atoms with Crippen LogP contribution in [0.5, 0.6) is 0 Å². The molecule has 0 heterocycles. The Hall–Kier alpha value is -1.05. The van der Waals surface area contributed by atoms with Crippen molar-refractivity contribution in [2.75, 3.05) is 6.61 Å². The van der Waals surface area contributed by atoms with Gasteiger partial charge >= 0.3 is 5.97 Å². The predicted octanol–water partition coefficient (Wildman–Crippen LogP) is 3.08. The van der Waals surface area contributed by atoms with Crippen LogP contribution in [0, 0.1) is 11.3 Å². The molecule has 16 heavy (non-hydrogen) atoms. The molecule has 0 radical (unpaired) electrons. The highest BCUT2D eigenvalue weighted by atomic mass is 79.9. The van der Waals surface area contributed by atoms with E-state index < -0.39 is 0 Å². The van der Waals surface area contributed by atoms with E-state index in [1.165, 1.54) is 6.07 Å². The van der Waals surface area contributed by atoms with Crippen molar-refractivity contribution in [3.8, 4) is 6.07 Å². The highest BCUT2D eigenvalue weighted by molar-refractivity contribution is 9.10. The molecule has 1 rings (SSSR count). The molecule has 0 saturated carbocycles. The Morgan fingerprint density at radius 2 is 2.31 bits per heavy atom. The Kier molecular flexibility index (Phi) is 4.78. The zero-order valence-electron chi connectivity index (χ0n) is 8.59. The number of esters is 1. The van der Waals surface area contributed by atoms with E-state index in [1.54, 1.807) is 13.0 Å². The Labute approximate surface area is 107 Å². The smallest absolute Gasteiger partial charge is 0.310 e. The number of hydrogen-bond acceptors (Lipinski definition) is 3. The van der Waals surface area contributed by atoms with E-state index in [-0.39, 0.29) is 12.4 Å². The van der Waals surface area contributed by atoms with Gasteiger partial charge in [-0.15, -0.1) is 0 Å². The lowest BCUT2D eigenvalue weighted by atomic mass is 10.1. The highest BCUT2D eigenvalue weighted by Crippen LogP contribution is 2.26. The van der Waals surface area contributed by atoms with Crippen LogP contribution in [0.15, 0.2) is 16.6 Å². The molecular formula is C11H9BrClNO2. The molecule has 0 fully saturated rings. The van der Waals surface area contributed by atoms with Crippen molar-refractivity contribution in [2.45, 2.75) is 13.3 Å². The number of carbonyl (C=O) groups is 1. The summed E-state index contributed by atoms with van der Waals surface area (Å²) in [5, 5.41) is 9.38. The molecule has 0 aromatic heterocycles. The fourth-order valence-electron chi connectivity index (χ4n) is 1.24. The van der Waals surface area contributed by atoms with E-state index in [9.17, 15) is 4.79 Å². The molecule has 3 nitrogen and oxygen atoms in total. The maximum atomic E-state index is 11.3. The van der Waals surface area contributed by atoms with Crippen LogP contribution in [0.4, 0.5) is 0 Å². The molecule has 0 bridgehead atoms. The zero-order chi connectivity index (χ0) is 12.1. The Morgan fingerprint density at radius 3 is 2.88 bits per heavy atom. The van der Waals surface area contributed by atoms with Crippen LogP contribution in [0.1, 0.15) is 18.1 Å². The summed E-state index contributed by atoms with van der Waals surface area (Å²) in [5.74, 6) is -0.359. The molecule has 0 N–H and O–H groups in total. The van der Waals surface area contributed by atoms with Gasteiger partial charge in [-0.2, -0.15) is 5.26 Å². The monoisotopic (exact) mass is 301 g/mol. The van der Waals surface area contributed by atoms with Gasteiger partial charge in [-0.1, -0.05) is 27.5 Å². The van der Waals surface area contributed by atoms with Crippen LogP contribution in [0.3, 0.4) is 0 Å². The third-order valence-electron chi connectivity index (χ3n) is 1.91. The van der Waals surface area contributed by atoms with Crippen molar-refractivity contribution in [2.24, 2.45) is 0 Å². The van der Waals surface area contributed by atoms with Crippen LogP contribution in [-0.2, 0) is 16.0 Å². The number of ether oxygens (including phenoxy) is 1. The minimum absolute atomic E-state index is 0.0640. The Balaban J connectivity index is 3.04. The molecule has 0 aliphatic heterocycles. The van der Waals surface area contributed by atoms with Crippen molar-refractivity contribution >= 4 is 33.5 Å². The second-order valence-corrected chi connectivity index (χ2v) is 4.30. The number of benzene rings is 1. The van der Waals surface area contributed by atoms with Crippen LogP contribution in [0.2, 0.25) is 5.02 Å². The summed E-state index contributed by atoms with van der Waals surface area (Å²) in [6, 6.07) is 5.18. The minimum Gasteiger partial charge on any atom is -0.466 e. The number of nitriles is 1. The maximum absolute atomic E-state index is 11.3. The molecular weight excluding hydrogens is 293 g/mol. The summed E-state index contributed by atoms with van der Waals surface area (Å²) in [6.45, 7) is 2.06. The quantitative estimate of drug-likeness (QED) is 0.806. The van der Waals surface area contributed by atoms with E-state index in [1.807, 2.05) is 6.07 Å². The van der Waals surface area contributed by atoms with Gasteiger partial charge in [-0.3, -0.25) is 4.79 Å². The van der Waals surface area contributed by atoms with E-state index >= 15 is 0 Å². The van der Waals surface area contributed by atoms with E-state index in [4.69, 9.17) is 21.6 Å². The molecule has 0 aliphatic rings. The lowest BCUT2D eigenvalue weighted by Gasteiger charge is -2.07. The number of carbonyl (C=O) groups excluding carboxylic acids is 1. The molecule has 1 aromatic carbocycles. The summed E-state index contributed by atoms with van der Waals surface area (Å²) in [6.07, 6.45) is 0.0640. The average Bonchev–Trinajstić information content (AvgIpc) is 2.22. The number of nitrogens with zero attached hydrogens (tertiary/aromatic N) is 1. The van der Waals surface area contributed by atoms with Gasteiger partial charge in [0.05, 0.1) is 24.7 Å². The fourth-order valence-corrected chi connectivity index (χ4v) is 2.19.